The minimum atomic E-state index is 0.194. The molecule has 0 aromatic carbocycles. The summed E-state index contributed by atoms with van der Waals surface area (Å²) in [6.07, 6.45) is 8.58. The molecule has 1 aliphatic carbocycles. The van der Waals surface area contributed by atoms with E-state index in [2.05, 4.69) is 30.1 Å². The molecule has 5 rings (SSSR count). The second kappa shape index (κ2) is 8.89. The molecule has 1 saturated carbocycles. The van der Waals surface area contributed by atoms with Crippen LogP contribution in [0.4, 0.5) is 17.5 Å². The summed E-state index contributed by atoms with van der Waals surface area (Å²) in [5.41, 5.74) is 1.72. The molecule has 2 N–H and O–H groups in total. The van der Waals surface area contributed by atoms with Crippen LogP contribution < -0.4 is 15.5 Å². The van der Waals surface area contributed by atoms with Crippen LogP contribution in [0.5, 0.6) is 0 Å². The summed E-state index contributed by atoms with van der Waals surface area (Å²) in [6, 6.07) is 6.01. The molecule has 0 spiro atoms. The van der Waals surface area contributed by atoms with Gasteiger partial charge in [-0.25, -0.2) is 9.97 Å². The fraction of sp³-hybridized carbons (Fsp3) is 0.455. The minimum absolute atomic E-state index is 0.194. The number of rotatable bonds is 8. The van der Waals surface area contributed by atoms with Crippen LogP contribution in [-0.4, -0.2) is 58.3 Å². The van der Waals surface area contributed by atoms with Crippen molar-refractivity contribution in [2.75, 3.05) is 43.1 Å². The van der Waals surface area contributed by atoms with E-state index in [1.54, 1.807) is 6.20 Å². The maximum absolute atomic E-state index is 11.7. The van der Waals surface area contributed by atoms with Crippen molar-refractivity contribution in [1.29, 1.82) is 0 Å². The number of amides is 1. The Bertz CT molecular complexity index is 1040. The quantitative estimate of drug-likeness (QED) is 0.539. The van der Waals surface area contributed by atoms with Crippen LogP contribution in [0.3, 0.4) is 0 Å². The Balaban J connectivity index is 1.20. The molecule has 2 aliphatic rings. The van der Waals surface area contributed by atoms with Crippen LogP contribution in [0.2, 0.25) is 0 Å². The van der Waals surface area contributed by atoms with E-state index in [1.807, 2.05) is 30.6 Å². The molecular formula is C22H27N7O2. The fourth-order valence-corrected chi connectivity index (χ4v) is 3.73. The van der Waals surface area contributed by atoms with Gasteiger partial charge in [-0.1, -0.05) is 0 Å². The minimum Gasteiger partial charge on any atom is -0.378 e. The van der Waals surface area contributed by atoms with Crippen LogP contribution in [0.15, 0.2) is 36.8 Å². The molecule has 0 unspecified atom stereocenters. The highest BCUT2D eigenvalue weighted by molar-refractivity contribution is 5.80. The molecule has 1 amide bonds. The molecule has 2 fully saturated rings. The van der Waals surface area contributed by atoms with Crippen molar-refractivity contribution < 1.29 is 9.53 Å². The van der Waals surface area contributed by atoms with E-state index in [0.717, 1.165) is 74.6 Å². The standard InChI is InChI=1S/C22H27N7O2/c30-21(16-2-3-16)23-7-1-8-29-9-6-17-14-25-22(27-20(17)29)26-18-4-5-19(24-15-18)28-10-12-31-13-11-28/h4-6,9,14-16H,1-3,7-8,10-13H2,(H,23,30)(H,25,26,27). The van der Waals surface area contributed by atoms with Gasteiger partial charge >= 0.3 is 0 Å². The van der Waals surface area contributed by atoms with Gasteiger partial charge in [0.05, 0.1) is 25.1 Å². The largest absolute Gasteiger partial charge is 0.378 e. The molecule has 0 atom stereocenters. The zero-order chi connectivity index (χ0) is 21.0. The molecule has 3 aromatic rings. The first-order valence-electron chi connectivity index (χ1n) is 10.9. The first-order valence-corrected chi connectivity index (χ1v) is 10.9. The third-order valence-corrected chi connectivity index (χ3v) is 5.66. The molecule has 9 heteroatoms. The second-order valence-electron chi connectivity index (χ2n) is 8.03. The predicted molar refractivity (Wildman–Crippen MR) is 118 cm³/mol. The van der Waals surface area contributed by atoms with Crippen LogP contribution in [0, 0.1) is 5.92 Å². The van der Waals surface area contributed by atoms with E-state index >= 15 is 0 Å². The number of carbonyl (C=O) groups excluding carboxylic acids is 1. The zero-order valence-corrected chi connectivity index (χ0v) is 17.5. The number of carbonyl (C=O) groups is 1. The van der Waals surface area contributed by atoms with Gasteiger partial charge in [0.25, 0.3) is 0 Å². The zero-order valence-electron chi connectivity index (χ0n) is 17.5. The number of fused-ring (bicyclic) bond motifs is 1. The average Bonchev–Trinajstić information content (AvgIpc) is 3.59. The number of morpholine rings is 1. The Kier molecular flexibility index (Phi) is 5.66. The lowest BCUT2D eigenvalue weighted by Crippen LogP contribution is -2.36. The van der Waals surface area contributed by atoms with Crippen molar-refractivity contribution in [1.82, 2.24) is 24.8 Å². The number of nitrogens with one attached hydrogen (secondary N) is 2. The van der Waals surface area contributed by atoms with Crippen LogP contribution in [0.1, 0.15) is 19.3 Å². The molecule has 0 bridgehead atoms. The van der Waals surface area contributed by atoms with Crippen LogP contribution in [-0.2, 0) is 16.1 Å². The SMILES string of the molecule is O=C(NCCCn1ccc2cnc(Nc3ccc(N4CCOCC4)nc3)nc21)C1CC1. The Hall–Kier alpha value is -3.20. The molecule has 1 aliphatic heterocycles. The van der Waals surface area contributed by atoms with Crippen molar-refractivity contribution in [3.05, 3.63) is 36.8 Å². The van der Waals surface area contributed by atoms with Gasteiger partial charge in [0.1, 0.15) is 11.5 Å². The molecular weight excluding hydrogens is 394 g/mol. The van der Waals surface area contributed by atoms with E-state index in [1.165, 1.54) is 0 Å². The van der Waals surface area contributed by atoms with Gasteiger partial charge in [-0.3, -0.25) is 4.79 Å². The summed E-state index contributed by atoms with van der Waals surface area (Å²) in [6.45, 7) is 4.68. The van der Waals surface area contributed by atoms with Crippen LogP contribution in [0.25, 0.3) is 11.0 Å². The lowest BCUT2D eigenvalue weighted by Gasteiger charge is -2.27. The maximum atomic E-state index is 11.7. The molecule has 4 heterocycles. The molecule has 31 heavy (non-hydrogen) atoms. The number of nitrogens with zero attached hydrogens (tertiary/aromatic N) is 5. The van der Waals surface area contributed by atoms with E-state index in [0.29, 0.717) is 12.5 Å². The van der Waals surface area contributed by atoms with E-state index in [4.69, 9.17) is 9.72 Å². The fourth-order valence-electron chi connectivity index (χ4n) is 3.73. The highest BCUT2D eigenvalue weighted by Gasteiger charge is 2.28. The second-order valence-corrected chi connectivity index (χ2v) is 8.03. The van der Waals surface area contributed by atoms with Gasteiger partial charge in [0, 0.05) is 49.9 Å². The molecule has 162 valence electrons. The van der Waals surface area contributed by atoms with Crippen molar-refractivity contribution in [3.63, 3.8) is 0 Å². The Morgan fingerprint density at radius 3 is 2.77 bits per heavy atom. The van der Waals surface area contributed by atoms with Crippen molar-refractivity contribution in [2.45, 2.75) is 25.8 Å². The average molecular weight is 422 g/mol. The molecule has 1 saturated heterocycles. The molecule has 3 aromatic heterocycles. The molecule has 9 nitrogen and oxygen atoms in total. The number of hydrogen-bond donors (Lipinski definition) is 2. The van der Waals surface area contributed by atoms with Gasteiger partial charge in [-0.15, -0.1) is 0 Å². The number of anilines is 3. The monoisotopic (exact) mass is 421 g/mol. The summed E-state index contributed by atoms with van der Waals surface area (Å²) in [5, 5.41) is 7.25. The maximum Gasteiger partial charge on any atom is 0.229 e. The van der Waals surface area contributed by atoms with E-state index in [9.17, 15) is 4.79 Å². The van der Waals surface area contributed by atoms with Crippen LogP contribution >= 0.6 is 0 Å². The van der Waals surface area contributed by atoms with Gasteiger partial charge in [-0.2, -0.15) is 4.98 Å². The third-order valence-electron chi connectivity index (χ3n) is 5.66. The Morgan fingerprint density at radius 1 is 1.13 bits per heavy atom. The number of aromatic nitrogens is 4. The normalized spacial score (nSPS) is 16.5. The summed E-state index contributed by atoms with van der Waals surface area (Å²) < 4.78 is 7.50. The van der Waals surface area contributed by atoms with E-state index < -0.39 is 0 Å². The van der Waals surface area contributed by atoms with Crippen molar-refractivity contribution >= 4 is 34.4 Å². The summed E-state index contributed by atoms with van der Waals surface area (Å²) in [4.78, 5) is 27.6. The topological polar surface area (TPSA) is 97.2 Å². The van der Waals surface area contributed by atoms with Gasteiger partial charge in [-0.05, 0) is 37.5 Å². The highest BCUT2D eigenvalue weighted by atomic mass is 16.5. The number of ether oxygens (including phenoxy) is 1. The van der Waals surface area contributed by atoms with Crippen molar-refractivity contribution in [3.8, 4) is 0 Å². The smallest absolute Gasteiger partial charge is 0.229 e. The predicted octanol–water partition coefficient (Wildman–Crippen LogP) is 2.32. The number of hydrogen-bond acceptors (Lipinski definition) is 7. The van der Waals surface area contributed by atoms with Gasteiger partial charge in [0.2, 0.25) is 11.9 Å². The Labute approximate surface area is 180 Å². The molecule has 0 radical (unpaired) electrons. The van der Waals surface area contributed by atoms with Gasteiger partial charge in [0.15, 0.2) is 0 Å². The summed E-state index contributed by atoms with van der Waals surface area (Å²) >= 11 is 0. The lowest BCUT2D eigenvalue weighted by molar-refractivity contribution is -0.122. The Morgan fingerprint density at radius 2 is 2.00 bits per heavy atom. The summed E-state index contributed by atoms with van der Waals surface area (Å²) in [5.74, 6) is 1.94. The lowest BCUT2D eigenvalue weighted by atomic mass is 10.3. The highest BCUT2D eigenvalue weighted by Crippen LogP contribution is 2.28. The van der Waals surface area contributed by atoms with Crippen molar-refractivity contribution in [2.24, 2.45) is 5.92 Å². The summed E-state index contributed by atoms with van der Waals surface area (Å²) in [7, 11) is 0. The first kappa shape index (κ1) is 19.7. The number of aryl methyl sites for hydroxylation is 1. The van der Waals surface area contributed by atoms with E-state index in [-0.39, 0.29) is 11.8 Å². The third kappa shape index (κ3) is 4.77. The first-order chi connectivity index (χ1) is 15.3. The van der Waals surface area contributed by atoms with Gasteiger partial charge < -0.3 is 24.8 Å². The number of pyridine rings is 1.